The normalized spacial score (nSPS) is 15.6. The molecule has 1 fully saturated rings. The molecule has 1 aliphatic rings. The molecule has 0 unspecified atom stereocenters. The van der Waals surface area contributed by atoms with Crippen LogP contribution in [-0.4, -0.2) is 42.8 Å². The summed E-state index contributed by atoms with van der Waals surface area (Å²) >= 11 is 0. The summed E-state index contributed by atoms with van der Waals surface area (Å²) in [6.07, 6.45) is 1.51. The predicted molar refractivity (Wildman–Crippen MR) is 89.9 cm³/mol. The van der Waals surface area contributed by atoms with Gasteiger partial charge in [-0.05, 0) is 30.5 Å². The molecule has 7 heteroatoms. The summed E-state index contributed by atoms with van der Waals surface area (Å²) in [5.41, 5.74) is 1.54. The summed E-state index contributed by atoms with van der Waals surface area (Å²) in [5.74, 6) is 0.113. The number of guanidine groups is 1. The lowest BCUT2D eigenvalue weighted by Crippen LogP contribution is -2.46. The second kappa shape index (κ2) is 8.42. The van der Waals surface area contributed by atoms with E-state index >= 15 is 0 Å². The summed E-state index contributed by atoms with van der Waals surface area (Å²) in [6, 6.07) is 4.93. The number of nitrogens with one attached hydrogen (secondary N) is 2. The Morgan fingerprint density at radius 2 is 1.96 bits per heavy atom. The lowest BCUT2D eigenvalue weighted by molar-refractivity contribution is -0.147. The largest absolute Gasteiger partial charge is 0.355 e. The maximum atomic E-state index is 13.3. The zero-order valence-corrected chi connectivity index (χ0v) is 14.1. The van der Waals surface area contributed by atoms with Crippen molar-refractivity contribution in [2.45, 2.75) is 32.7 Å². The van der Waals surface area contributed by atoms with Crippen molar-refractivity contribution in [3.63, 3.8) is 0 Å². The van der Waals surface area contributed by atoms with Crippen LogP contribution in [0.15, 0.2) is 23.2 Å². The summed E-state index contributed by atoms with van der Waals surface area (Å²) < 4.78 is 13.3. The highest BCUT2D eigenvalue weighted by molar-refractivity contribution is 5.97. The molecule has 1 saturated heterocycles. The summed E-state index contributed by atoms with van der Waals surface area (Å²) in [5, 5.41) is 6.19. The molecule has 0 atom stereocenters. The van der Waals surface area contributed by atoms with Gasteiger partial charge in [0.1, 0.15) is 5.82 Å². The number of carbonyl (C=O) groups excluding carboxylic acids is 2. The minimum absolute atomic E-state index is 0.113. The number of carbonyl (C=O) groups is 2. The first kappa shape index (κ1) is 17.9. The van der Waals surface area contributed by atoms with Crippen LogP contribution in [0.2, 0.25) is 0 Å². The fraction of sp³-hybridized carbons (Fsp3) is 0.471. The Hall–Kier alpha value is -2.44. The molecule has 0 radical (unpaired) electrons. The zero-order valence-electron chi connectivity index (χ0n) is 14.1. The minimum Gasteiger partial charge on any atom is -0.355 e. The molecule has 2 N–H and O–H groups in total. The van der Waals surface area contributed by atoms with Crippen LogP contribution in [0.4, 0.5) is 4.39 Å². The van der Waals surface area contributed by atoms with Crippen LogP contribution in [0.3, 0.4) is 0 Å². The third kappa shape index (κ3) is 4.78. The van der Waals surface area contributed by atoms with E-state index in [2.05, 4.69) is 15.6 Å². The second-order valence-corrected chi connectivity index (χ2v) is 5.73. The molecule has 24 heavy (non-hydrogen) atoms. The topological polar surface area (TPSA) is 73.8 Å². The van der Waals surface area contributed by atoms with Crippen molar-refractivity contribution in [3.05, 3.63) is 35.1 Å². The molecule has 1 heterocycles. The average molecular weight is 334 g/mol. The molecule has 130 valence electrons. The Kier molecular flexibility index (Phi) is 6.28. The maximum Gasteiger partial charge on any atom is 0.229 e. The van der Waals surface area contributed by atoms with Gasteiger partial charge in [-0.15, -0.1) is 0 Å². The minimum atomic E-state index is -0.225. The van der Waals surface area contributed by atoms with Crippen LogP contribution in [0.25, 0.3) is 0 Å². The molecular formula is C17H23FN4O2. The van der Waals surface area contributed by atoms with Gasteiger partial charge in [0.2, 0.25) is 11.8 Å². The van der Waals surface area contributed by atoms with Gasteiger partial charge in [-0.25, -0.2) is 4.39 Å². The Bertz CT molecular complexity index is 629. The smallest absolute Gasteiger partial charge is 0.229 e. The van der Waals surface area contributed by atoms with E-state index in [1.165, 1.54) is 11.0 Å². The Morgan fingerprint density at radius 3 is 2.58 bits per heavy atom. The highest BCUT2D eigenvalue weighted by Crippen LogP contribution is 2.11. The molecule has 0 aromatic heterocycles. The number of halogens is 1. The highest BCUT2D eigenvalue weighted by Gasteiger charge is 2.25. The van der Waals surface area contributed by atoms with Gasteiger partial charge < -0.3 is 10.6 Å². The molecule has 1 aliphatic heterocycles. The van der Waals surface area contributed by atoms with Crippen LogP contribution < -0.4 is 10.6 Å². The lowest BCUT2D eigenvalue weighted by Gasteiger charge is -2.25. The zero-order chi connectivity index (χ0) is 17.5. The van der Waals surface area contributed by atoms with Gasteiger partial charge in [-0.2, -0.15) is 0 Å². The second-order valence-electron chi connectivity index (χ2n) is 5.73. The number of hydrogen-bond donors (Lipinski definition) is 2. The van der Waals surface area contributed by atoms with Crippen molar-refractivity contribution in [1.29, 1.82) is 0 Å². The molecule has 1 aromatic carbocycles. The van der Waals surface area contributed by atoms with Gasteiger partial charge in [0.25, 0.3) is 0 Å². The summed E-state index contributed by atoms with van der Waals surface area (Å²) in [4.78, 5) is 28.8. The number of likely N-dealkylation sites (tertiary alicyclic amines) is 1. The SMILES string of the molecule is CN=C(NCCN1C(=O)CCCC1=O)NCc1ccc(F)c(C)c1. The van der Waals surface area contributed by atoms with Crippen molar-refractivity contribution < 1.29 is 14.0 Å². The lowest BCUT2D eigenvalue weighted by atomic mass is 10.1. The Labute approximate surface area is 141 Å². The van der Waals surface area contributed by atoms with Crippen LogP contribution in [-0.2, 0) is 16.1 Å². The molecular weight excluding hydrogens is 311 g/mol. The van der Waals surface area contributed by atoms with Crippen LogP contribution in [0.5, 0.6) is 0 Å². The fourth-order valence-corrected chi connectivity index (χ4v) is 2.56. The highest BCUT2D eigenvalue weighted by atomic mass is 19.1. The van der Waals surface area contributed by atoms with Crippen molar-refractivity contribution >= 4 is 17.8 Å². The van der Waals surface area contributed by atoms with E-state index < -0.39 is 0 Å². The number of amides is 2. The van der Waals surface area contributed by atoms with Gasteiger partial charge in [0.05, 0.1) is 0 Å². The number of aliphatic imine (C=N–C) groups is 1. The molecule has 2 amide bonds. The molecule has 0 bridgehead atoms. The van der Waals surface area contributed by atoms with Crippen molar-refractivity contribution in [3.8, 4) is 0 Å². The number of nitrogens with zero attached hydrogens (tertiary/aromatic N) is 2. The van der Waals surface area contributed by atoms with E-state index in [-0.39, 0.29) is 17.6 Å². The quantitative estimate of drug-likeness (QED) is 0.484. The van der Waals surface area contributed by atoms with Gasteiger partial charge in [-0.3, -0.25) is 19.5 Å². The van der Waals surface area contributed by atoms with Gasteiger partial charge in [0.15, 0.2) is 5.96 Å². The molecule has 2 rings (SSSR count). The Balaban J connectivity index is 1.79. The van der Waals surface area contributed by atoms with Crippen molar-refractivity contribution in [1.82, 2.24) is 15.5 Å². The summed E-state index contributed by atoms with van der Waals surface area (Å²) in [7, 11) is 1.64. The summed E-state index contributed by atoms with van der Waals surface area (Å²) in [6.45, 7) is 2.98. The third-order valence-corrected chi connectivity index (χ3v) is 3.92. The Morgan fingerprint density at radius 1 is 1.25 bits per heavy atom. The van der Waals surface area contributed by atoms with Crippen LogP contribution in [0.1, 0.15) is 30.4 Å². The fourth-order valence-electron chi connectivity index (χ4n) is 2.56. The number of benzene rings is 1. The molecule has 1 aromatic rings. The first-order valence-corrected chi connectivity index (χ1v) is 8.04. The van der Waals surface area contributed by atoms with E-state index in [1.54, 1.807) is 26.1 Å². The number of piperidine rings is 1. The number of hydrogen-bond acceptors (Lipinski definition) is 3. The van der Waals surface area contributed by atoms with Crippen molar-refractivity contribution in [2.75, 3.05) is 20.1 Å². The standard InChI is InChI=1S/C17H23FN4O2/c1-12-10-13(6-7-14(12)18)11-21-17(19-2)20-8-9-22-15(23)4-3-5-16(22)24/h6-7,10H,3-5,8-9,11H2,1-2H3,(H2,19,20,21). The van der Waals surface area contributed by atoms with Crippen LogP contribution >= 0.6 is 0 Å². The maximum absolute atomic E-state index is 13.3. The number of imide groups is 1. The average Bonchev–Trinajstić information content (AvgIpc) is 2.56. The first-order chi connectivity index (χ1) is 11.5. The number of aryl methyl sites for hydroxylation is 1. The van der Waals surface area contributed by atoms with E-state index in [0.29, 0.717) is 50.4 Å². The van der Waals surface area contributed by atoms with Gasteiger partial charge in [0, 0.05) is 39.5 Å². The molecule has 0 saturated carbocycles. The molecule has 0 aliphatic carbocycles. The molecule has 0 spiro atoms. The van der Waals surface area contributed by atoms with Crippen molar-refractivity contribution in [2.24, 2.45) is 4.99 Å². The molecule has 6 nitrogen and oxygen atoms in total. The van der Waals surface area contributed by atoms with Crippen LogP contribution in [0, 0.1) is 12.7 Å². The van der Waals surface area contributed by atoms with E-state index in [4.69, 9.17) is 0 Å². The van der Waals surface area contributed by atoms with E-state index in [0.717, 1.165) is 5.56 Å². The first-order valence-electron chi connectivity index (χ1n) is 8.04. The predicted octanol–water partition coefficient (Wildman–Crippen LogP) is 1.34. The number of rotatable bonds is 5. The monoisotopic (exact) mass is 334 g/mol. The van der Waals surface area contributed by atoms with Gasteiger partial charge in [-0.1, -0.05) is 12.1 Å². The van der Waals surface area contributed by atoms with E-state index in [9.17, 15) is 14.0 Å². The third-order valence-electron chi connectivity index (χ3n) is 3.92. The van der Waals surface area contributed by atoms with E-state index in [1.807, 2.05) is 0 Å². The van der Waals surface area contributed by atoms with Gasteiger partial charge >= 0.3 is 0 Å².